The topological polar surface area (TPSA) is 25.8 Å². The molecule has 0 radical (unpaired) electrons. The van der Waals surface area contributed by atoms with Crippen LogP contribution in [0.5, 0.6) is 0 Å². The monoisotopic (exact) mass is 324 g/mol. The highest BCUT2D eigenvalue weighted by molar-refractivity contribution is 9.08. The van der Waals surface area contributed by atoms with Crippen LogP contribution in [0.1, 0.15) is 81.8 Å². The summed E-state index contributed by atoms with van der Waals surface area (Å²) in [7, 11) is 0. The molecule has 1 aliphatic rings. The maximum atomic E-state index is 4.89. The lowest BCUT2D eigenvalue weighted by molar-refractivity contribution is 0.306. The molecule has 2 unspecified atom stereocenters. The van der Waals surface area contributed by atoms with Crippen molar-refractivity contribution in [2.45, 2.75) is 70.0 Å². The van der Waals surface area contributed by atoms with Crippen LogP contribution in [0.3, 0.4) is 0 Å². The average Bonchev–Trinajstić information content (AvgIpc) is 2.46. The average molecular weight is 325 g/mol. The summed E-state index contributed by atoms with van der Waals surface area (Å²) in [6.07, 6.45) is 8.60. The van der Waals surface area contributed by atoms with Crippen molar-refractivity contribution in [3.05, 3.63) is 23.3 Å². The molecule has 1 saturated carbocycles. The minimum absolute atomic E-state index is 0.472. The van der Waals surface area contributed by atoms with Crippen molar-refractivity contribution in [3.63, 3.8) is 0 Å². The second-order valence-corrected chi connectivity index (χ2v) is 6.63. The van der Waals surface area contributed by atoms with E-state index in [9.17, 15) is 0 Å². The first-order valence-electron chi connectivity index (χ1n) is 7.57. The highest BCUT2D eigenvalue weighted by Crippen LogP contribution is 2.36. The van der Waals surface area contributed by atoms with E-state index in [1.165, 1.54) is 43.4 Å². The predicted molar refractivity (Wildman–Crippen MR) is 83.7 cm³/mol. The van der Waals surface area contributed by atoms with Crippen LogP contribution < -0.4 is 0 Å². The molecule has 0 aliphatic heterocycles. The highest BCUT2D eigenvalue weighted by Gasteiger charge is 2.25. The van der Waals surface area contributed by atoms with E-state index in [0.29, 0.717) is 11.8 Å². The van der Waals surface area contributed by atoms with E-state index in [4.69, 9.17) is 4.98 Å². The Morgan fingerprint density at radius 1 is 1.37 bits per heavy atom. The minimum atomic E-state index is 0.472. The van der Waals surface area contributed by atoms with Gasteiger partial charge in [-0.05, 0) is 24.7 Å². The van der Waals surface area contributed by atoms with Gasteiger partial charge >= 0.3 is 0 Å². The van der Waals surface area contributed by atoms with E-state index in [2.05, 4.69) is 41.7 Å². The van der Waals surface area contributed by atoms with Gasteiger partial charge in [-0.1, -0.05) is 56.0 Å². The molecule has 2 nitrogen and oxygen atoms in total. The van der Waals surface area contributed by atoms with Gasteiger partial charge in [0.05, 0.1) is 5.69 Å². The fourth-order valence-corrected chi connectivity index (χ4v) is 3.56. The Hall–Kier alpha value is -0.440. The number of hydrogen-bond acceptors (Lipinski definition) is 2. The SMILES string of the molecule is CCC1CCCC(c2ncc(CBr)c(C(C)C)n2)C1. The lowest BCUT2D eigenvalue weighted by Gasteiger charge is -2.28. The first-order valence-corrected chi connectivity index (χ1v) is 8.69. The Labute approximate surface area is 125 Å². The number of aromatic nitrogens is 2. The Balaban J connectivity index is 2.22. The van der Waals surface area contributed by atoms with Crippen molar-refractivity contribution >= 4 is 15.9 Å². The van der Waals surface area contributed by atoms with Crippen molar-refractivity contribution in [1.82, 2.24) is 9.97 Å². The quantitative estimate of drug-likeness (QED) is 0.713. The lowest BCUT2D eigenvalue weighted by atomic mass is 9.80. The highest BCUT2D eigenvalue weighted by atomic mass is 79.9. The molecular weight excluding hydrogens is 300 g/mol. The third-order valence-electron chi connectivity index (χ3n) is 4.33. The number of nitrogens with zero attached hydrogens (tertiary/aromatic N) is 2. The van der Waals surface area contributed by atoms with Gasteiger partial charge in [0.2, 0.25) is 0 Å². The summed E-state index contributed by atoms with van der Waals surface area (Å²) >= 11 is 3.54. The van der Waals surface area contributed by atoms with Crippen LogP contribution in [0.4, 0.5) is 0 Å². The van der Waals surface area contributed by atoms with E-state index in [-0.39, 0.29) is 0 Å². The maximum Gasteiger partial charge on any atom is 0.131 e. The van der Waals surface area contributed by atoms with E-state index < -0.39 is 0 Å². The van der Waals surface area contributed by atoms with Crippen LogP contribution in [-0.4, -0.2) is 9.97 Å². The molecule has 0 saturated heterocycles. The van der Waals surface area contributed by atoms with Crippen LogP contribution in [0.15, 0.2) is 6.20 Å². The predicted octanol–water partition coefficient (Wildman–Crippen LogP) is 5.18. The summed E-state index contributed by atoms with van der Waals surface area (Å²) in [5.74, 6) is 3.02. The van der Waals surface area contributed by atoms with Gasteiger partial charge in [-0.25, -0.2) is 9.97 Å². The maximum absolute atomic E-state index is 4.89. The second kappa shape index (κ2) is 6.83. The van der Waals surface area contributed by atoms with Crippen molar-refractivity contribution in [1.29, 1.82) is 0 Å². The number of halogens is 1. The summed E-state index contributed by atoms with van der Waals surface area (Å²) in [5.41, 5.74) is 2.46. The second-order valence-electron chi connectivity index (χ2n) is 6.06. The zero-order valence-electron chi connectivity index (χ0n) is 12.3. The molecule has 2 rings (SSSR count). The van der Waals surface area contributed by atoms with Gasteiger partial charge in [-0.3, -0.25) is 0 Å². The van der Waals surface area contributed by atoms with Crippen LogP contribution in [-0.2, 0) is 5.33 Å². The molecule has 1 aromatic heterocycles. The molecule has 0 N–H and O–H groups in total. The van der Waals surface area contributed by atoms with Gasteiger partial charge < -0.3 is 0 Å². The normalized spacial score (nSPS) is 23.8. The zero-order valence-corrected chi connectivity index (χ0v) is 13.9. The largest absolute Gasteiger partial charge is 0.241 e. The van der Waals surface area contributed by atoms with E-state index in [1.54, 1.807) is 0 Å². The molecule has 3 heteroatoms. The molecule has 106 valence electrons. The molecule has 0 amide bonds. The Morgan fingerprint density at radius 3 is 2.79 bits per heavy atom. The molecule has 1 heterocycles. The van der Waals surface area contributed by atoms with Gasteiger partial charge in [-0.2, -0.15) is 0 Å². The molecule has 0 bridgehead atoms. The van der Waals surface area contributed by atoms with Gasteiger partial charge in [-0.15, -0.1) is 0 Å². The Bertz CT molecular complexity index is 417. The van der Waals surface area contributed by atoms with Crippen LogP contribution in [0, 0.1) is 5.92 Å². The molecule has 1 fully saturated rings. The van der Waals surface area contributed by atoms with Crippen molar-refractivity contribution in [2.75, 3.05) is 0 Å². The Morgan fingerprint density at radius 2 is 2.16 bits per heavy atom. The van der Waals surface area contributed by atoms with Crippen molar-refractivity contribution in [2.24, 2.45) is 5.92 Å². The number of rotatable bonds is 4. The van der Waals surface area contributed by atoms with Gasteiger partial charge in [0.25, 0.3) is 0 Å². The minimum Gasteiger partial charge on any atom is -0.241 e. The molecule has 19 heavy (non-hydrogen) atoms. The molecule has 1 aromatic rings. The molecular formula is C16H25BrN2. The van der Waals surface area contributed by atoms with Crippen LogP contribution in [0.25, 0.3) is 0 Å². The zero-order chi connectivity index (χ0) is 13.8. The third kappa shape index (κ3) is 3.56. The molecule has 0 aromatic carbocycles. The van der Waals surface area contributed by atoms with E-state index in [0.717, 1.165) is 17.1 Å². The summed E-state index contributed by atoms with van der Waals surface area (Å²) in [6, 6.07) is 0. The summed E-state index contributed by atoms with van der Waals surface area (Å²) in [6.45, 7) is 6.74. The van der Waals surface area contributed by atoms with Gasteiger partial charge in [0.1, 0.15) is 5.82 Å². The van der Waals surface area contributed by atoms with E-state index in [1.807, 2.05) is 6.20 Å². The van der Waals surface area contributed by atoms with Crippen LogP contribution >= 0.6 is 15.9 Å². The van der Waals surface area contributed by atoms with Crippen molar-refractivity contribution in [3.8, 4) is 0 Å². The summed E-state index contributed by atoms with van der Waals surface area (Å²) in [4.78, 5) is 9.54. The van der Waals surface area contributed by atoms with Crippen molar-refractivity contribution < 1.29 is 0 Å². The first kappa shape index (κ1) is 15.0. The smallest absolute Gasteiger partial charge is 0.131 e. The van der Waals surface area contributed by atoms with Gasteiger partial charge in [0.15, 0.2) is 0 Å². The molecule has 1 aliphatic carbocycles. The fraction of sp³-hybridized carbons (Fsp3) is 0.750. The Kier molecular flexibility index (Phi) is 5.37. The lowest BCUT2D eigenvalue weighted by Crippen LogP contribution is -2.17. The standard InChI is InChI=1S/C16H25BrN2/c1-4-12-6-5-7-13(8-12)16-18-10-14(9-17)15(19-16)11(2)3/h10-13H,4-9H2,1-3H3. The number of alkyl halides is 1. The third-order valence-corrected chi connectivity index (χ3v) is 4.94. The first-order chi connectivity index (χ1) is 9.15. The fourth-order valence-electron chi connectivity index (χ4n) is 3.13. The van der Waals surface area contributed by atoms with Crippen LogP contribution in [0.2, 0.25) is 0 Å². The van der Waals surface area contributed by atoms with Gasteiger partial charge in [0, 0.05) is 23.0 Å². The summed E-state index contributed by atoms with van der Waals surface area (Å²) in [5, 5.41) is 0.850. The summed E-state index contributed by atoms with van der Waals surface area (Å²) < 4.78 is 0. The molecule has 2 atom stereocenters. The molecule has 0 spiro atoms. The number of hydrogen-bond donors (Lipinski definition) is 0. The van der Waals surface area contributed by atoms with E-state index >= 15 is 0 Å².